The van der Waals surface area contributed by atoms with Crippen LogP contribution in [0.1, 0.15) is 32.6 Å². The van der Waals surface area contributed by atoms with Gasteiger partial charge in [-0.1, -0.05) is 12.8 Å². The molecule has 0 unspecified atom stereocenters. The monoisotopic (exact) mass is 192 g/mol. The largest absolute Gasteiger partial charge is 0.358 e. The second kappa shape index (κ2) is 12.3. The van der Waals surface area contributed by atoms with Crippen molar-refractivity contribution in [2.45, 2.75) is 32.6 Å². The fourth-order valence-corrected chi connectivity index (χ4v) is 0.979. The van der Waals surface area contributed by atoms with Crippen molar-refractivity contribution in [3.8, 4) is 0 Å². The topological polar surface area (TPSA) is 0 Å². The van der Waals surface area contributed by atoms with E-state index < -0.39 is 0 Å². The predicted octanol–water partition coefficient (Wildman–Crippen LogP) is 3.50. The van der Waals surface area contributed by atoms with Gasteiger partial charge in [0.15, 0.2) is 0 Å². The summed E-state index contributed by atoms with van der Waals surface area (Å²) in [6.45, 7) is 2.26. The van der Waals surface area contributed by atoms with Crippen LogP contribution in [0.4, 0.5) is 0 Å². The standard InChI is InChI=1S/C6H11.3CH3.Zn/c1-6-4-2-3-5-6;;;;/h2-5H2,1H3;3*1H3;/q4*-1;. The van der Waals surface area contributed by atoms with Gasteiger partial charge in [0.25, 0.3) is 0 Å². The fourth-order valence-electron chi connectivity index (χ4n) is 0.979. The van der Waals surface area contributed by atoms with Gasteiger partial charge in [0.2, 0.25) is 0 Å². The molecular weight excluding hydrogens is 173 g/mol. The van der Waals surface area contributed by atoms with E-state index >= 15 is 0 Å². The van der Waals surface area contributed by atoms with Gasteiger partial charge in [-0.25, -0.2) is 0 Å². The first kappa shape index (κ1) is 22.4. The van der Waals surface area contributed by atoms with E-state index in [2.05, 4.69) is 6.92 Å². The number of hydrogen-bond donors (Lipinski definition) is 0. The molecule has 1 aliphatic carbocycles. The normalized spacial score (nSPS) is 15.3. The van der Waals surface area contributed by atoms with Crippen LogP contribution in [0.25, 0.3) is 0 Å². The van der Waals surface area contributed by atoms with Gasteiger partial charge in [0.1, 0.15) is 0 Å². The average molecular weight is 194 g/mol. The first-order chi connectivity index (χ1) is 2.89. The predicted molar refractivity (Wildman–Crippen MR) is 46.6 cm³/mol. The van der Waals surface area contributed by atoms with E-state index in [-0.39, 0.29) is 41.8 Å². The maximum atomic E-state index is 2.26. The van der Waals surface area contributed by atoms with Crippen LogP contribution in [-0.2, 0) is 19.5 Å². The van der Waals surface area contributed by atoms with Crippen LogP contribution in [0.15, 0.2) is 0 Å². The Hall–Kier alpha value is 0.623. The van der Waals surface area contributed by atoms with Crippen molar-refractivity contribution in [2.24, 2.45) is 0 Å². The molecule has 0 bridgehead atoms. The maximum absolute atomic E-state index is 2.26. The van der Waals surface area contributed by atoms with E-state index in [1.54, 1.807) is 5.92 Å². The zero-order valence-corrected chi connectivity index (χ0v) is 11.0. The summed E-state index contributed by atoms with van der Waals surface area (Å²) in [5.74, 6) is 1.70. The second-order valence-corrected chi connectivity index (χ2v) is 2.16. The molecule has 0 aromatic carbocycles. The molecule has 0 saturated heterocycles. The number of rotatable bonds is 0. The maximum Gasteiger partial charge on any atom is 0 e. The zero-order valence-electron chi connectivity index (χ0n) is 8.04. The molecule has 0 aromatic rings. The number of hydrogen-bond acceptors (Lipinski definition) is 0. The van der Waals surface area contributed by atoms with Crippen LogP contribution >= 0.6 is 0 Å². The van der Waals surface area contributed by atoms with Crippen molar-refractivity contribution >= 4 is 0 Å². The quantitative estimate of drug-likeness (QED) is 0.408. The van der Waals surface area contributed by atoms with Gasteiger partial charge in [-0.05, 0) is 0 Å². The molecule has 0 aromatic heterocycles. The second-order valence-electron chi connectivity index (χ2n) is 2.16. The molecule has 0 spiro atoms. The summed E-state index contributed by atoms with van der Waals surface area (Å²) in [6, 6.07) is 0. The molecule has 0 N–H and O–H groups in total. The fraction of sp³-hybridized carbons (Fsp3) is 0.556. The molecule has 1 heteroatoms. The van der Waals surface area contributed by atoms with Gasteiger partial charge < -0.3 is 28.2 Å². The minimum Gasteiger partial charge on any atom is -0.358 e. The Kier molecular flexibility index (Phi) is 27.6. The molecule has 0 heterocycles. The molecule has 0 radical (unpaired) electrons. The van der Waals surface area contributed by atoms with Gasteiger partial charge in [-0.2, -0.15) is 19.8 Å². The molecule has 0 aliphatic heterocycles. The third-order valence-electron chi connectivity index (χ3n) is 1.46. The van der Waals surface area contributed by atoms with Crippen LogP contribution in [-0.4, -0.2) is 0 Å². The summed E-state index contributed by atoms with van der Waals surface area (Å²) < 4.78 is 0. The summed E-state index contributed by atoms with van der Waals surface area (Å²) in [5, 5.41) is 0. The molecular formula is C9H20Zn-4. The van der Waals surface area contributed by atoms with E-state index in [1.165, 1.54) is 25.7 Å². The summed E-state index contributed by atoms with van der Waals surface area (Å²) in [6.07, 6.45) is 5.71. The van der Waals surface area contributed by atoms with E-state index in [4.69, 9.17) is 0 Å². The van der Waals surface area contributed by atoms with E-state index in [9.17, 15) is 0 Å². The Morgan fingerprint density at radius 2 is 1.20 bits per heavy atom. The van der Waals surface area contributed by atoms with Crippen molar-refractivity contribution < 1.29 is 19.5 Å². The Bertz CT molecular complexity index is 38.0. The van der Waals surface area contributed by atoms with Crippen LogP contribution in [0, 0.1) is 28.2 Å². The molecule has 62 valence electrons. The molecule has 0 amide bonds. The Morgan fingerprint density at radius 3 is 1.30 bits per heavy atom. The molecule has 1 aliphatic rings. The van der Waals surface area contributed by atoms with Crippen molar-refractivity contribution in [1.82, 2.24) is 0 Å². The summed E-state index contributed by atoms with van der Waals surface area (Å²) in [4.78, 5) is 0. The molecule has 1 rings (SSSR count). The van der Waals surface area contributed by atoms with Gasteiger partial charge in [0.05, 0.1) is 0 Å². The van der Waals surface area contributed by atoms with Crippen molar-refractivity contribution in [2.75, 3.05) is 0 Å². The van der Waals surface area contributed by atoms with Crippen molar-refractivity contribution in [3.05, 3.63) is 28.2 Å². The molecule has 1 fully saturated rings. The van der Waals surface area contributed by atoms with E-state index in [0.29, 0.717) is 0 Å². The first-order valence-corrected chi connectivity index (χ1v) is 2.71. The minimum atomic E-state index is 0. The van der Waals surface area contributed by atoms with Crippen molar-refractivity contribution in [3.63, 3.8) is 0 Å². The third kappa shape index (κ3) is 8.62. The van der Waals surface area contributed by atoms with Gasteiger partial charge >= 0.3 is 0 Å². The van der Waals surface area contributed by atoms with Crippen LogP contribution in [0.2, 0.25) is 0 Å². The summed E-state index contributed by atoms with van der Waals surface area (Å²) in [7, 11) is 0. The van der Waals surface area contributed by atoms with Crippen LogP contribution < -0.4 is 0 Å². The van der Waals surface area contributed by atoms with Gasteiger partial charge in [-0.15, -0.1) is 0 Å². The van der Waals surface area contributed by atoms with Crippen LogP contribution in [0.5, 0.6) is 0 Å². The molecule has 0 nitrogen and oxygen atoms in total. The Labute approximate surface area is 80.6 Å². The SMILES string of the molecule is C[C-]1CCCC1.[CH3-].[CH3-].[CH3-].[Zn]. The van der Waals surface area contributed by atoms with E-state index in [1.807, 2.05) is 0 Å². The average Bonchev–Trinajstić information content (AvgIpc) is 1.86. The first-order valence-electron chi connectivity index (χ1n) is 2.71. The van der Waals surface area contributed by atoms with Crippen LogP contribution in [0.3, 0.4) is 0 Å². The summed E-state index contributed by atoms with van der Waals surface area (Å²) in [5.41, 5.74) is 0. The molecule has 1 saturated carbocycles. The minimum absolute atomic E-state index is 0. The zero-order chi connectivity index (χ0) is 4.41. The third-order valence-corrected chi connectivity index (χ3v) is 1.46. The smallest absolute Gasteiger partial charge is 0 e. The molecule has 10 heavy (non-hydrogen) atoms. The summed E-state index contributed by atoms with van der Waals surface area (Å²) >= 11 is 0. The Balaban J connectivity index is -0.0000000450. The van der Waals surface area contributed by atoms with Gasteiger partial charge in [-0.3, -0.25) is 0 Å². The molecule has 0 atom stereocenters. The Morgan fingerprint density at radius 1 is 0.900 bits per heavy atom. The van der Waals surface area contributed by atoms with Gasteiger partial charge in [0, 0.05) is 19.5 Å². The van der Waals surface area contributed by atoms with Crippen molar-refractivity contribution in [1.29, 1.82) is 0 Å². The van der Waals surface area contributed by atoms with E-state index in [0.717, 1.165) is 0 Å².